The molecule has 0 saturated carbocycles. The van der Waals surface area contributed by atoms with Crippen molar-refractivity contribution < 1.29 is 13.2 Å². The van der Waals surface area contributed by atoms with E-state index in [-0.39, 0.29) is 21.0 Å². The van der Waals surface area contributed by atoms with Gasteiger partial charge in [-0.2, -0.15) is 4.31 Å². The number of ether oxygens (including phenoxy) is 1. The van der Waals surface area contributed by atoms with Gasteiger partial charge >= 0.3 is 0 Å². The number of hydrogen-bond donors (Lipinski definition) is 0. The smallest absolute Gasteiger partial charge is 0.244 e. The van der Waals surface area contributed by atoms with Gasteiger partial charge in [-0.25, -0.2) is 8.42 Å². The van der Waals surface area contributed by atoms with E-state index in [9.17, 15) is 8.42 Å². The summed E-state index contributed by atoms with van der Waals surface area (Å²) >= 11 is 12.2. The third-order valence-corrected chi connectivity index (χ3v) is 6.39. The highest BCUT2D eigenvalue weighted by Crippen LogP contribution is 2.36. The number of nitrogens with zero attached hydrogens (tertiary/aromatic N) is 1. The summed E-state index contributed by atoms with van der Waals surface area (Å²) in [6, 6.07) is 2.82. The molecule has 1 aromatic carbocycles. The van der Waals surface area contributed by atoms with Crippen LogP contribution in [-0.4, -0.2) is 31.9 Å². The zero-order valence-electron chi connectivity index (χ0n) is 12.1. The molecule has 1 fully saturated rings. The van der Waals surface area contributed by atoms with E-state index in [0.29, 0.717) is 18.9 Å². The highest BCUT2D eigenvalue weighted by atomic mass is 35.5. The van der Waals surface area contributed by atoms with Gasteiger partial charge in [-0.05, 0) is 32.8 Å². The van der Waals surface area contributed by atoms with Crippen molar-refractivity contribution in [2.75, 3.05) is 13.2 Å². The zero-order chi connectivity index (χ0) is 15.6. The molecule has 4 nitrogen and oxygen atoms in total. The van der Waals surface area contributed by atoms with Crippen LogP contribution in [0.5, 0.6) is 5.75 Å². The van der Waals surface area contributed by atoms with E-state index in [1.54, 1.807) is 0 Å². The Bertz CT molecular complexity index is 619. The van der Waals surface area contributed by atoms with Gasteiger partial charge in [0.15, 0.2) is 0 Å². The summed E-state index contributed by atoms with van der Waals surface area (Å²) < 4.78 is 32.4. The summed E-state index contributed by atoms with van der Waals surface area (Å²) in [5.41, 5.74) is 0. The van der Waals surface area contributed by atoms with Crippen LogP contribution in [0.2, 0.25) is 10.0 Å². The van der Waals surface area contributed by atoms with Gasteiger partial charge in [-0.3, -0.25) is 0 Å². The van der Waals surface area contributed by atoms with Gasteiger partial charge in [0, 0.05) is 18.7 Å². The van der Waals surface area contributed by atoms with Crippen molar-refractivity contribution in [3.8, 4) is 5.75 Å². The number of halogens is 2. The molecular weight excluding hydrogens is 333 g/mol. The third kappa shape index (κ3) is 3.47. The second kappa shape index (κ2) is 6.73. The maximum absolute atomic E-state index is 12.8. The summed E-state index contributed by atoms with van der Waals surface area (Å²) in [6.45, 7) is 4.70. The van der Waals surface area contributed by atoms with Gasteiger partial charge in [0.05, 0.1) is 16.7 Å². The summed E-state index contributed by atoms with van der Waals surface area (Å²) in [4.78, 5) is 0.0476. The molecule has 0 aliphatic carbocycles. The van der Waals surface area contributed by atoms with E-state index in [0.717, 1.165) is 19.3 Å². The molecule has 0 spiro atoms. The maximum atomic E-state index is 12.8. The molecule has 1 atom stereocenters. The minimum Gasteiger partial charge on any atom is -0.492 e. The molecule has 0 amide bonds. The van der Waals surface area contributed by atoms with Crippen molar-refractivity contribution in [3.05, 3.63) is 22.2 Å². The Morgan fingerprint density at radius 3 is 2.62 bits per heavy atom. The molecule has 2 rings (SSSR count). The summed E-state index contributed by atoms with van der Waals surface area (Å²) in [5, 5.41) is 0.394. The Labute approximate surface area is 136 Å². The van der Waals surface area contributed by atoms with Crippen molar-refractivity contribution in [3.63, 3.8) is 0 Å². The average Bonchev–Trinajstić information content (AvgIpc) is 2.43. The molecule has 1 saturated heterocycles. The SMILES string of the molecule is CCOc1cc(Cl)c(S(=O)(=O)N2CCCC[C@@H]2C)cc1Cl. The van der Waals surface area contributed by atoms with Gasteiger partial charge in [0.2, 0.25) is 10.0 Å². The van der Waals surface area contributed by atoms with E-state index in [2.05, 4.69) is 0 Å². The fourth-order valence-corrected chi connectivity index (χ4v) is 5.03. The normalized spacial score (nSPS) is 20.5. The Balaban J connectivity index is 2.42. The number of piperidine rings is 1. The van der Waals surface area contributed by atoms with E-state index in [1.807, 2.05) is 13.8 Å². The topological polar surface area (TPSA) is 46.6 Å². The van der Waals surface area contributed by atoms with Crippen LogP contribution in [0.4, 0.5) is 0 Å². The van der Waals surface area contributed by atoms with Crippen LogP contribution in [0.15, 0.2) is 17.0 Å². The minimum absolute atomic E-state index is 0.0230. The van der Waals surface area contributed by atoms with Gasteiger partial charge in [0.25, 0.3) is 0 Å². The number of sulfonamides is 1. The molecule has 118 valence electrons. The van der Waals surface area contributed by atoms with Crippen molar-refractivity contribution in [1.29, 1.82) is 0 Å². The summed E-state index contributed by atoms with van der Waals surface area (Å²) in [6.07, 6.45) is 2.78. The van der Waals surface area contributed by atoms with Gasteiger partial charge < -0.3 is 4.74 Å². The zero-order valence-corrected chi connectivity index (χ0v) is 14.4. The molecule has 1 aromatic rings. The second-order valence-corrected chi connectivity index (χ2v) is 7.78. The monoisotopic (exact) mass is 351 g/mol. The highest BCUT2D eigenvalue weighted by Gasteiger charge is 2.33. The highest BCUT2D eigenvalue weighted by molar-refractivity contribution is 7.89. The molecule has 0 N–H and O–H groups in total. The van der Waals surface area contributed by atoms with Gasteiger partial charge in [-0.15, -0.1) is 0 Å². The largest absolute Gasteiger partial charge is 0.492 e. The first kappa shape index (κ1) is 16.9. The quantitative estimate of drug-likeness (QED) is 0.824. The molecule has 1 aliphatic heterocycles. The number of rotatable bonds is 4. The molecule has 0 aromatic heterocycles. The molecular formula is C14H19Cl2NO3S. The fraction of sp³-hybridized carbons (Fsp3) is 0.571. The molecule has 1 heterocycles. The first-order chi connectivity index (χ1) is 9.87. The van der Waals surface area contributed by atoms with Crippen LogP contribution >= 0.6 is 23.2 Å². The molecule has 0 unspecified atom stereocenters. The van der Waals surface area contributed by atoms with E-state index in [1.165, 1.54) is 16.4 Å². The minimum atomic E-state index is -3.63. The van der Waals surface area contributed by atoms with Crippen LogP contribution in [0.25, 0.3) is 0 Å². The first-order valence-electron chi connectivity index (χ1n) is 7.01. The van der Waals surface area contributed by atoms with Crippen LogP contribution < -0.4 is 4.74 Å². The Morgan fingerprint density at radius 2 is 2.00 bits per heavy atom. The van der Waals surface area contributed by atoms with E-state index >= 15 is 0 Å². The predicted octanol–water partition coefficient (Wildman–Crippen LogP) is 3.96. The van der Waals surface area contributed by atoms with Crippen LogP contribution in [-0.2, 0) is 10.0 Å². The first-order valence-corrected chi connectivity index (χ1v) is 9.21. The van der Waals surface area contributed by atoms with Gasteiger partial charge in [0.1, 0.15) is 10.6 Å². The fourth-order valence-electron chi connectivity index (χ4n) is 2.53. The Morgan fingerprint density at radius 1 is 1.29 bits per heavy atom. The lowest BCUT2D eigenvalue weighted by atomic mass is 10.1. The lowest BCUT2D eigenvalue weighted by Gasteiger charge is -2.32. The van der Waals surface area contributed by atoms with Gasteiger partial charge in [-0.1, -0.05) is 29.6 Å². The Kier molecular flexibility index (Phi) is 5.41. The molecule has 0 radical (unpaired) electrons. The predicted molar refractivity (Wildman–Crippen MR) is 84.8 cm³/mol. The second-order valence-electron chi connectivity index (χ2n) is 5.11. The third-order valence-electron chi connectivity index (χ3n) is 3.61. The van der Waals surface area contributed by atoms with E-state index in [4.69, 9.17) is 27.9 Å². The van der Waals surface area contributed by atoms with Crippen LogP contribution in [0.3, 0.4) is 0 Å². The van der Waals surface area contributed by atoms with Crippen molar-refractivity contribution in [1.82, 2.24) is 4.31 Å². The lowest BCUT2D eigenvalue weighted by Crippen LogP contribution is -2.42. The molecule has 7 heteroatoms. The number of benzene rings is 1. The summed E-state index contributed by atoms with van der Waals surface area (Å²) in [7, 11) is -3.63. The Hall–Kier alpha value is -0.490. The lowest BCUT2D eigenvalue weighted by molar-refractivity contribution is 0.268. The van der Waals surface area contributed by atoms with Crippen molar-refractivity contribution >= 4 is 33.2 Å². The van der Waals surface area contributed by atoms with Crippen LogP contribution in [0, 0.1) is 0 Å². The maximum Gasteiger partial charge on any atom is 0.244 e. The van der Waals surface area contributed by atoms with Crippen LogP contribution in [0.1, 0.15) is 33.1 Å². The average molecular weight is 352 g/mol. The summed E-state index contributed by atoms with van der Waals surface area (Å²) in [5.74, 6) is 0.398. The standard InChI is InChI=1S/C14H19Cl2NO3S/c1-3-20-13-8-12(16)14(9-11(13)15)21(18,19)17-7-5-4-6-10(17)2/h8-10H,3-7H2,1-2H3/t10-/m0/s1. The molecule has 1 aliphatic rings. The molecule has 0 bridgehead atoms. The molecule has 21 heavy (non-hydrogen) atoms. The van der Waals surface area contributed by atoms with E-state index < -0.39 is 10.0 Å². The van der Waals surface area contributed by atoms with Crippen molar-refractivity contribution in [2.24, 2.45) is 0 Å². The number of hydrogen-bond acceptors (Lipinski definition) is 3. The van der Waals surface area contributed by atoms with Crippen molar-refractivity contribution in [2.45, 2.75) is 44.0 Å².